The van der Waals surface area contributed by atoms with Gasteiger partial charge in [0.25, 0.3) is 5.91 Å². The summed E-state index contributed by atoms with van der Waals surface area (Å²) in [5, 5.41) is 7.81. The van der Waals surface area contributed by atoms with Gasteiger partial charge in [-0.1, -0.05) is 48.3 Å². The third kappa shape index (κ3) is 5.03. The molecule has 3 rings (SSSR count). The maximum Gasteiger partial charge on any atom is 0.271 e. The molecule has 0 saturated carbocycles. The van der Waals surface area contributed by atoms with Crippen molar-refractivity contribution in [1.82, 2.24) is 15.1 Å². The zero-order chi connectivity index (χ0) is 20.1. The molecular weight excluding hydrogens is 404 g/mol. The van der Waals surface area contributed by atoms with Gasteiger partial charge in [0, 0.05) is 12.7 Å². The summed E-state index contributed by atoms with van der Waals surface area (Å²) >= 11 is 12.1. The zero-order valence-corrected chi connectivity index (χ0v) is 16.5. The highest BCUT2D eigenvalue weighted by molar-refractivity contribution is 6.37. The van der Waals surface area contributed by atoms with E-state index in [1.807, 2.05) is 6.92 Å². The SMILES string of the molecule is CC(CNC(=O)c1ccn(COc2c(Cl)cccc2Cl)n1)c1ccc(F)cc1. The van der Waals surface area contributed by atoms with E-state index in [0.717, 1.165) is 5.56 Å². The minimum absolute atomic E-state index is 0.0392. The lowest BCUT2D eigenvalue weighted by atomic mass is 10.0. The summed E-state index contributed by atoms with van der Waals surface area (Å²) in [4.78, 5) is 12.3. The van der Waals surface area contributed by atoms with Crippen LogP contribution in [0.25, 0.3) is 0 Å². The molecule has 5 nitrogen and oxygen atoms in total. The van der Waals surface area contributed by atoms with Gasteiger partial charge < -0.3 is 10.1 Å². The second-order valence-corrected chi connectivity index (χ2v) is 7.04. The first-order valence-corrected chi connectivity index (χ1v) is 9.33. The average Bonchev–Trinajstić information content (AvgIpc) is 3.15. The predicted octanol–water partition coefficient (Wildman–Crippen LogP) is 4.90. The van der Waals surface area contributed by atoms with Crippen LogP contribution in [0.2, 0.25) is 10.0 Å². The Hall–Kier alpha value is -2.57. The van der Waals surface area contributed by atoms with Crippen LogP contribution < -0.4 is 10.1 Å². The molecule has 0 saturated heterocycles. The molecule has 0 bridgehead atoms. The molecular formula is C20H18Cl2FN3O2. The Morgan fingerprint density at radius 2 is 1.86 bits per heavy atom. The van der Waals surface area contributed by atoms with E-state index in [4.69, 9.17) is 27.9 Å². The van der Waals surface area contributed by atoms with E-state index in [1.165, 1.54) is 16.8 Å². The number of amides is 1. The fraction of sp³-hybridized carbons (Fsp3) is 0.200. The second kappa shape index (κ2) is 9.08. The summed E-state index contributed by atoms with van der Waals surface area (Å²) in [5.74, 6) is -0.188. The van der Waals surface area contributed by atoms with Crippen LogP contribution in [-0.2, 0) is 6.73 Å². The summed E-state index contributed by atoms with van der Waals surface area (Å²) in [6.45, 7) is 2.42. The van der Waals surface area contributed by atoms with Crippen molar-refractivity contribution in [3.63, 3.8) is 0 Å². The van der Waals surface area contributed by atoms with E-state index in [-0.39, 0.29) is 30.1 Å². The highest BCUT2D eigenvalue weighted by atomic mass is 35.5. The fourth-order valence-electron chi connectivity index (χ4n) is 2.55. The van der Waals surface area contributed by atoms with Crippen molar-refractivity contribution in [2.45, 2.75) is 19.6 Å². The van der Waals surface area contributed by atoms with E-state index in [1.54, 1.807) is 42.6 Å². The monoisotopic (exact) mass is 421 g/mol. The normalized spacial score (nSPS) is 11.9. The topological polar surface area (TPSA) is 56.2 Å². The quantitative estimate of drug-likeness (QED) is 0.590. The van der Waals surface area contributed by atoms with Gasteiger partial charge in [-0.05, 0) is 41.8 Å². The number of benzene rings is 2. The Labute approximate surface area is 172 Å². The van der Waals surface area contributed by atoms with Crippen LogP contribution in [0.5, 0.6) is 5.75 Å². The first kappa shape index (κ1) is 20.2. The number of hydrogen-bond acceptors (Lipinski definition) is 3. The Balaban J connectivity index is 1.54. The van der Waals surface area contributed by atoms with E-state index < -0.39 is 0 Å². The Morgan fingerprint density at radius 1 is 1.18 bits per heavy atom. The Morgan fingerprint density at radius 3 is 2.54 bits per heavy atom. The maximum atomic E-state index is 13.0. The van der Waals surface area contributed by atoms with Crippen molar-refractivity contribution < 1.29 is 13.9 Å². The van der Waals surface area contributed by atoms with Crippen LogP contribution in [0.4, 0.5) is 4.39 Å². The Bertz CT molecular complexity index is 940. The third-order valence-electron chi connectivity index (χ3n) is 4.14. The smallest absolute Gasteiger partial charge is 0.271 e. The second-order valence-electron chi connectivity index (χ2n) is 6.23. The van der Waals surface area contributed by atoms with Crippen molar-refractivity contribution in [2.75, 3.05) is 6.54 Å². The molecule has 0 radical (unpaired) electrons. The van der Waals surface area contributed by atoms with Crippen molar-refractivity contribution >= 4 is 29.1 Å². The van der Waals surface area contributed by atoms with Crippen LogP contribution in [-0.4, -0.2) is 22.2 Å². The molecule has 28 heavy (non-hydrogen) atoms. The minimum Gasteiger partial charge on any atom is -0.468 e. The summed E-state index contributed by atoms with van der Waals surface area (Å²) in [7, 11) is 0. The number of rotatable bonds is 7. The summed E-state index contributed by atoms with van der Waals surface area (Å²) in [5.41, 5.74) is 1.21. The lowest BCUT2D eigenvalue weighted by molar-refractivity contribution is 0.0944. The number of nitrogens with zero attached hydrogens (tertiary/aromatic N) is 2. The molecule has 0 aliphatic heterocycles. The number of carbonyl (C=O) groups is 1. The van der Waals surface area contributed by atoms with E-state index in [2.05, 4.69) is 10.4 Å². The molecule has 1 amide bonds. The van der Waals surface area contributed by atoms with Crippen molar-refractivity contribution in [3.05, 3.63) is 81.8 Å². The lowest BCUT2D eigenvalue weighted by Gasteiger charge is -2.12. The van der Waals surface area contributed by atoms with Gasteiger partial charge in [-0.2, -0.15) is 5.10 Å². The predicted molar refractivity (Wildman–Crippen MR) is 106 cm³/mol. The van der Waals surface area contributed by atoms with Crippen LogP contribution in [0, 0.1) is 5.82 Å². The molecule has 146 valence electrons. The molecule has 0 spiro atoms. The summed E-state index contributed by atoms with van der Waals surface area (Å²) < 4.78 is 20.1. The Kier molecular flexibility index (Phi) is 6.54. The molecule has 2 aromatic carbocycles. The van der Waals surface area contributed by atoms with Crippen LogP contribution in [0.3, 0.4) is 0 Å². The van der Waals surface area contributed by atoms with Gasteiger partial charge in [0.05, 0.1) is 10.0 Å². The average molecular weight is 422 g/mol. The number of nitrogens with one attached hydrogen (secondary N) is 1. The number of ether oxygens (including phenoxy) is 1. The van der Waals surface area contributed by atoms with Gasteiger partial charge in [-0.25, -0.2) is 9.07 Å². The molecule has 1 heterocycles. The molecule has 8 heteroatoms. The van der Waals surface area contributed by atoms with E-state index >= 15 is 0 Å². The van der Waals surface area contributed by atoms with Gasteiger partial charge in [0.1, 0.15) is 11.5 Å². The number of para-hydroxylation sites is 1. The van der Waals surface area contributed by atoms with Crippen molar-refractivity contribution in [1.29, 1.82) is 0 Å². The molecule has 1 unspecified atom stereocenters. The first-order chi connectivity index (χ1) is 13.4. The molecule has 1 N–H and O–H groups in total. The molecule has 3 aromatic rings. The standard InChI is InChI=1S/C20H18Cl2FN3O2/c1-13(14-5-7-15(23)8-6-14)11-24-20(27)18-9-10-26(25-18)12-28-19-16(21)3-2-4-17(19)22/h2-10,13H,11-12H2,1H3,(H,24,27). The van der Waals surface area contributed by atoms with Crippen LogP contribution in [0.15, 0.2) is 54.7 Å². The van der Waals surface area contributed by atoms with Gasteiger partial charge >= 0.3 is 0 Å². The highest BCUT2D eigenvalue weighted by Gasteiger charge is 2.13. The van der Waals surface area contributed by atoms with Gasteiger partial charge in [-0.15, -0.1) is 0 Å². The zero-order valence-electron chi connectivity index (χ0n) is 15.0. The highest BCUT2D eigenvalue weighted by Crippen LogP contribution is 2.32. The van der Waals surface area contributed by atoms with E-state index in [9.17, 15) is 9.18 Å². The third-order valence-corrected chi connectivity index (χ3v) is 4.74. The summed E-state index contributed by atoms with van der Waals surface area (Å²) in [6.07, 6.45) is 1.63. The molecule has 0 fully saturated rings. The minimum atomic E-state index is -0.302. The van der Waals surface area contributed by atoms with Gasteiger partial charge in [-0.3, -0.25) is 4.79 Å². The number of carbonyl (C=O) groups excluding carboxylic acids is 1. The number of aromatic nitrogens is 2. The van der Waals surface area contributed by atoms with E-state index in [0.29, 0.717) is 22.3 Å². The van der Waals surface area contributed by atoms with Crippen molar-refractivity contribution in [3.8, 4) is 5.75 Å². The molecule has 1 aromatic heterocycles. The van der Waals surface area contributed by atoms with Crippen LogP contribution in [0.1, 0.15) is 28.9 Å². The number of hydrogen-bond donors (Lipinski definition) is 1. The molecule has 1 atom stereocenters. The maximum absolute atomic E-state index is 13.0. The number of halogens is 3. The molecule has 0 aliphatic carbocycles. The largest absolute Gasteiger partial charge is 0.468 e. The summed E-state index contributed by atoms with van der Waals surface area (Å²) in [6, 6.07) is 12.9. The molecule has 0 aliphatic rings. The van der Waals surface area contributed by atoms with Gasteiger partial charge in [0.2, 0.25) is 0 Å². The fourth-order valence-corrected chi connectivity index (χ4v) is 3.06. The van der Waals surface area contributed by atoms with Gasteiger partial charge in [0.15, 0.2) is 12.5 Å². The van der Waals surface area contributed by atoms with Crippen LogP contribution >= 0.6 is 23.2 Å². The van der Waals surface area contributed by atoms with Crippen molar-refractivity contribution in [2.24, 2.45) is 0 Å². The first-order valence-electron chi connectivity index (χ1n) is 8.58. The lowest BCUT2D eigenvalue weighted by Crippen LogP contribution is -2.28.